The molecule has 2 amide bonds. The largest absolute Gasteiger partial charge is 0.416 e. The van der Waals surface area contributed by atoms with Crippen LogP contribution >= 0.6 is 46.9 Å². The van der Waals surface area contributed by atoms with E-state index < -0.39 is 11.7 Å². The molecule has 1 N–H and O–H groups in total. The second kappa shape index (κ2) is 11.8. The number of nitrogens with zero attached hydrogens (tertiary/aromatic N) is 2. The highest BCUT2D eigenvalue weighted by Gasteiger charge is 2.32. The van der Waals surface area contributed by atoms with Gasteiger partial charge in [-0.2, -0.15) is 13.2 Å². The van der Waals surface area contributed by atoms with Crippen LogP contribution in [0.4, 0.5) is 18.3 Å². The highest BCUT2D eigenvalue weighted by molar-refractivity contribution is 8.26. The molecule has 2 heterocycles. The van der Waals surface area contributed by atoms with Crippen molar-refractivity contribution in [2.75, 3.05) is 11.9 Å². The first-order valence-corrected chi connectivity index (χ1v) is 13.4. The number of hydrogen-bond acceptors (Lipinski definition) is 6. The number of hydrogen-bond donors (Lipinski definition) is 1. The Labute approximate surface area is 229 Å². The van der Waals surface area contributed by atoms with Crippen molar-refractivity contribution in [2.24, 2.45) is 0 Å². The van der Waals surface area contributed by atoms with Gasteiger partial charge in [0.15, 0.2) is 5.13 Å². The van der Waals surface area contributed by atoms with Crippen molar-refractivity contribution < 1.29 is 22.8 Å². The van der Waals surface area contributed by atoms with Crippen LogP contribution in [0.5, 0.6) is 0 Å². The molecule has 2 aromatic carbocycles. The fourth-order valence-electron chi connectivity index (χ4n) is 3.51. The van der Waals surface area contributed by atoms with Crippen LogP contribution in [0.1, 0.15) is 34.4 Å². The number of thiazole rings is 1. The second-order valence-electron chi connectivity index (χ2n) is 8.01. The number of alkyl halides is 3. The maximum Gasteiger partial charge on any atom is 0.416 e. The first-order valence-electron chi connectivity index (χ1n) is 11.0. The normalized spacial score (nSPS) is 15.0. The van der Waals surface area contributed by atoms with E-state index in [1.807, 2.05) is 12.1 Å². The number of aromatic nitrogens is 1. The van der Waals surface area contributed by atoms with Gasteiger partial charge in [0.2, 0.25) is 5.91 Å². The third-order valence-electron chi connectivity index (χ3n) is 5.28. The van der Waals surface area contributed by atoms with E-state index in [2.05, 4.69) is 10.3 Å². The number of rotatable bonds is 8. The van der Waals surface area contributed by atoms with Gasteiger partial charge >= 0.3 is 6.18 Å². The fourth-order valence-corrected chi connectivity index (χ4v) is 5.86. The highest BCUT2D eigenvalue weighted by atomic mass is 35.5. The number of halogens is 4. The Bertz CT molecular complexity index is 1370. The molecular weight excluding hydrogens is 563 g/mol. The summed E-state index contributed by atoms with van der Waals surface area (Å²) in [5.41, 5.74) is 0.521. The summed E-state index contributed by atoms with van der Waals surface area (Å²) in [6.45, 7) is 0.288. The lowest BCUT2D eigenvalue weighted by molar-refractivity contribution is -0.137. The lowest BCUT2D eigenvalue weighted by atomic mass is 10.1. The number of anilines is 1. The molecule has 0 radical (unpaired) electrons. The van der Waals surface area contributed by atoms with Gasteiger partial charge in [0.25, 0.3) is 5.91 Å². The molecule has 0 atom stereocenters. The Morgan fingerprint density at radius 1 is 1.19 bits per heavy atom. The monoisotopic (exact) mass is 581 g/mol. The molecule has 1 fully saturated rings. The first kappa shape index (κ1) is 27.3. The maximum absolute atomic E-state index is 12.9. The first-order chi connectivity index (χ1) is 17.6. The van der Waals surface area contributed by atoms with E-state index in [0.717, 1.165) is 22.6 Å². The summed E-state index contributed by atoms with van der Waals surface area (Å²) >= 11 is 13.9. The Hall–Kier alpha value is -2.73. The predicted molar refractivity (Wildman–Crippen MR) is 146 cm³/mol. The Morgan fingerprint density at radius 2 is 1.97 bits per heavy atom. The van der Waals surface area contributed by atoms with Gasteiger partial charge in [-0.3, -0.25) is 14.5 Å². The summed E-state index contributed by atoms with van der Waals surface area (Å²) in [6, 6.07) is 12.3. The molecule has 1 aromatic heterocycles. The number of thioether (sulfide) groups is 1. The zero-order chi connectivity index (χ0) is 26.6. The molecule has 1 saturated heterocycles. The molecule has 5 nitrogen and oxygen atoms in total. The molecule has 0 unspecified atom stereocenters. The van der Waals surface area contributed by atoms with Gasteiger partial charge in [-0.25, -0.2) is 4.98 Å². The maximum atomic E-state index is 12.9. The minimum atomic E-state index is -4.40. The van der Waals surface area contributed by atoms with Gasteiger partial charge in [0.1, 0.15) is 4.32 Å². The zero-order valence-corrected chi connectivity index (χ0v) is 22.3. The quantitative estimate of drug-likeness (QED) is 0.229. The molecule has 0 bridgehead atoms. The Kier molecular flexibility index (Phi) is 8.68. The van der Waals surface area contributed by atoms with Crippen LogP contribution in [0.2, 0.25) is 5.02 Å². The summed E-state index contributed by atoms with van der Waals surface area (Å²) in [7, 11) is 0. The molecule has 0 aliphatic carbocycles. The SMILES string of the molecule is O=C(CCCN1C(=O)C(=Cc2ccccc2Cl)SC1=S)Nc1ncc(Cc2cccc(C(F)(F)F)c2)s1. The molecule has 37 heavy (non-hydrogen) atoms. The summed E-state index contributed by atoms with van der Waals surface area (Å²) < 4.78 is 39.2. The van der Waals surface area contributed by atoms with Crippen LogP contribution in [0.15, 0.2) is 59.6 Å². The Morgan fingerprint density at radius 3 is 2.73 bits per heavy atom. The highest BCUT2D eigenvalue weighted by Crippen LogP contribution is 2.34. The van der Waals surface area contributed by atoms with Crippen LogP contribution in [0.25, 0.3) is 6.08 Å². The van der Waals surface area contributed by atoms with E-state index in [1.165, 1.54) is 40.3 Å². The van der Waals surface area contributed by atoms with E-state index in [0.29, 0.717) is 31.4 Å². The summed E-state index contributed by atoms with van der Waals surface area (Å²) in [6.07, 6.45) is -0.366. The smallest absolute Gasteiger partial charge is 0.302 e. The van der Waals surface area contributed by atoms with E-state index in [-0.39, 0.29) is 31.2 Å². The van der Waals surface area contributed by atoms with Crippen molar-refractivity contribution in [1.82, 2.24) is 9.88 Å². The Balaban J connectivity index is 1.27. The van der Waals surface area contributed by atoms with E-state index in [1.54, 1.807) is 24.3 Å². The van der Waals surface area contributed by atoms with Crippen molar-refractivity contribution >= 4 is 74.3 Å². The summed E-state index contributed by atoms with van der Waals surface area (Å²) in [5.74, 6) is -0.508. The lowest BCUT2D eigenvalue weighted by Gasteiger charge is -2.13. The molecule has 3 aromatic rings. The van der Waals surface area contributed by atoms with Crippen molar-refractivity contribution in [3.05, 3.63) is 86.2 Å². The van der Waals surface area contributed by atoms with Crippen molar-refractivity contribution in [3.63, 3.8) is 0 Å². The van der Waals surface area contributed by atoms with Gasteiger partial charge < -0.3 is 5.32 Å². The average Bonchev–Trinajstić information content (AvgIpc) is 3.38. The van der Waals surface area contributed by atoms with Gasteiger partial charge in [-0.05, 0) is 35.8 Å². The van der Waals surface area contributed by atoms with Crippen molar-refractivity contribution in [3.8, 4) is 0 Å². The molecule has 4 rings (SSSR count). The number of thiocarbonyl (C=S) groups is 1. The zero-order valence-electron chi connectivity index (χ0n) is 19.0. The number of benzene rings is 2. The van der Waals surface area contributed by atoms with E-state index in [9.17, 15) is 22.8 Å². The minimum absolute atomic E-state index is 0.142. The van der Waals surface area contributed by atoms with Crippen molar-refractivity contribution in [2.45, 2.75) is 25.4 Å². The summed E-state index contributed by atoms with van der Waals surface area (Å²) in [5, 5.41) is 3.59. The average molecular weight is 582 g/mol. The lowest BCUT2D eigenvalue weighted by Crippen LogP contribution is -2.29. The molecule has 1 aliphatic heterocycles. The fraction of sp³-hybridized carbons (Fsp3) is 0.200. The van der Waals surface area contributed by atoms with Crippen molar-refractivity contribution in [1.29, 1.82) is 0 Å². The van der Waals surface area contributed by atoms with E-state index >= 15 is 0 Å². The second-order valence-corrected chi connectivity index (χ2v) is 11.2. The summed E-state index contributed by atoms with van der Waals surface area (Å²) in [4.78, 5) is 31.9. The van der Waals surface area contributed by atoms with Gasteiger partial charge in [0.05, 0.1) is 10.5 Å². The van der Waals surface area contributed by atoms with Crippen LogP contribution in [-0.2, 0) is 22.2 Å². The number of carbonyl (C=O) groups is 2. The van der Waals surface area contributed by atoms with E-state index in [4.69, 9.17) is 23.8 Å². The molecule has 0 saturated carbocycles. The minimum Gasteiger partial charge on any atom is -0.302 e. The number of carbonyl (C=O) groups excluding carboxylic acids is 2. The van der Waals surface area contributed by atoms with Gasteiger partial charge in [-0.1, -0.05) is 72.0 Å². The third kappa shape index (κ3) is 7.19. The number of nitrogens with one attached hydrogen (secondary N) is 1. The molecule has 0 spiro atoms. The molecule has 1 aliphatic rings. The molecular formula is C25H19ClF3N3O2S3. The molecule has 12 heteroatoms. The predicted octanol–water partition coefficient (Wildman–Crippen LogP) is 7.03. The van der Waals surface area contributed by atoms with Gasteiger partial charge in [-0.15, -0.1) is 11.3 Å². The van der Waals surface area contributed by atoms with Crippen LogP contribution in [0, 0.1) is 0 Å². The molecule has 192 valence electrons. The van der Waals surface area contributed by atoms with Crippen LogP contribution in [0.3, 0.4) is 0 Å². The van der Waals surface area contributed by atoms with Gasteiger partial charge in [0, 0.05) is 35.5 Å². The van der Waals surface area contributed by atoms with Crippen LogP contribution < -0.4 is 5.32 Å². The third-order valence-corrected chi connectivity index (χ3v) is 7.92. The standard InChI is InChI=1S/C25H19ClF3N3O2S3/c26-19-8-2-1-6-16(19)13-20-22(34)32(24(35)37-20)10-4-9-21(33)31-23-30-14-18(36-23)12-15-5-3-7-17(11-15)25(27,28)29/h1-3,5-8,11,13-14H,4,9-10,12H2,(H,30,31,33). The topological polar surface area (TPSA) is 62.3 Å². The van der Waals surface area contributed by atoms with Crippen LogP contribution in [-0.4, -0.2) is 32.6 Å². The number of amides is 2.